The Morgan fingerprint density at radius 1 is 1.31 bits per heavy atom. The van der Waals surface area contributed by atoms with Gasteiger partial charge in [0.05, 0.1) is 6.42 Å². The van der Waals surface area contributed by atoms with Crippen LogP contribution < -0.4 is 11.1 Å². The van der Waals surface area contributed by atoms with Crippen molar-refractivity contribution in [3.05, 3.63) is 35.9 Å². The predicted octanol–water partition coefficient (Wildman–Crippen LogP) is 2.52. The number of nitrogens with zero attached hydrogens (tertiary/aromatic N) is 1. The first-order valence-corrected chi connectivity index (χ1v) is 9.21. The zero-order valence-electron chi connectivity index (χ0n) is 16.0. The molecule has 0 spiro atoms. The van der Waals surface area contributed by atoms with Crippen molar-refractivity contribution >= 4 is 24.2 Å². The Kier molecular flexibility index (Phi) is 8.57. The number of carbonyl (C=O) groups excluding carboxylic acids is 2. The van der Waals surface area contributed by atoms with Crippen LogP contribution in [0.1, 0.15) is 45.6 Å². The fraction of sp³-hybridized carbons (Fsp3) is 0.600. The third-order valence-corrected chi connectivity index (χ3v) is 5.04. The van der Waals surface area contributed by atoms with Crippen molar-refractivity contribution in [3.63, 3.8) is 0 Å². The molecule has 1 aromatic carbocycles. The summed E-state index contributed by atoms with van der Waals surface area (Å²) in [5.41, 5.74) is 7.02. The Morgan fingerprint density at radius 2 is 1.96 bits per heavy atom. The zero-order valence-corrected chi connectivity index (χ0v) is 16.8. The number of hydrogen-bond donors (Lipinski definition) is 2. The van der Waals surface area contributed by atoms with Crippen LogP contribution in [0.25, 0.3) is 0 Å². The fourth-order valence-electron chi connectivity index (χ4n) is 3.36. The molecule has 0 saturated carbocycles. The smallest absolute Gasteiger partial charge is 0.245 e. The van der Waals surface area contributed by atoms with Crippen LogP contribution >= 0.6 is 12.4 Å². The molecule has 1 heterocycles. The summed E-state index contributed by atoms with van der Waals surface area (Å²) in [6.45, 7) is 7.53. The minimum atomic E-state index is -0.452. The van der Waals surface area contributed by atoms with E-state index >= 15 is 0 Å². The van der Waals surface area contributed by atoms with Gasteiger partial charge in [0, 0.05) is 19.1 Å². The van der Waals surface area contributed by atoms with Crippen molar-refractivity contribution < 1.29 is 9.59 Å². The van der Waals surface area contributed by atoms with E-state index in [-0.39, 0.29) is 35.7 Å². The lowest BCUT2D eigenvalue weighted by atomic mass is 9.79. The van der Waals surface area contributed by atoms with Crippen molar-refractivity contribution in [2.24, 2.45) is 11.1 Å². The molecule has 1 aliphatic heterocycles. The fourth-order valence-corrected chi connectivity index (χ4v) is 3.36. The molecular weight excluding hydrogens is 350 g/mol. The quantitative estimate of drug-likeness (QED) is 0.795. The van der Waals surface area contributed by atoms with E-state index in [1.165, 1.54) is 0 Å². The number of piperidine rings is 1. The number of hydrogen-bond acceptors (Lipinski definition) is 3. The Labute approximate surface area is 163 Å². The third-order valence-electron chi connectivity index (χ3n) is 5.04. The first-order chi connectivity index (χ1) is 11.8. The molecule has 2 rings (SSSR count). The number of halogens is 1. The molecular formula is C20H32ClN3O2. The highest BCUT2D eigenvalue weighted by molar-refractivity contribution is 5.88. The van der Waals surface area contributed by atoms with Crippen molar-refractivity contribution in [2.45, 2.75) is 58.5 Å². The molecule has 0 aromatic heterocycles. The van der Waals surface area contributed by atoms with Crippen LogP contribution in [0.15, 0.2) is 30.3 Å². The van der Waals surface area contributed by atoms with Crippen LogP contribution in [0, 0.1) is 5.41 Å². The van der Waals surface area contributed by atoms with Crippen LogP contribution in [0.5, 0.6) is 0 Å². The Hall–Kier alpha value is -1.59. The number of likely N-dealkylation sites (tertiary alicyclic amines) is 1. The lowest BCUT2D eigenvalue weighted by Crippen LogP contribution is -2.58. The first kappa shape index (κ1) is 22.5. The summed E-state index contributed by atoms with van der Waals surface area (Å²) in [5, 5.41) is 2.94. The normalized spacial score (nSPS) is 20.0. The maximum atomic E-state index is 12.9. The Morgan fingerprint density at radius 3 is 2.54 bits per heavy atom. The van der Waals surface area contributed by atoms with Gasteiger partial charge in [-0.15, -0.1) is 12.4 Å². The molecule has 1 fully saturated rings. The van der Waals surface area contributed by atoms with Gasteiger partial charge in [-0.05, 0) is 23.8 Å². The van der Waals surface area contributed by atoms with E-state index in [1.54, 1.807) is 0 Å². The van der Waals surface area contributed by atoms with Gasteiger partial charge in [-0.25, -0.2) is 0 Å². The van der Waals surface area contributed by atoms with Crippen molar-refractivity contribution in [2.75, 3.05) is 13.1 Å². The SMILES string of the molecule is CCCC(NC(=O)Cc1ccccc1)C(=O)N1CCC(N)C(C)(C)C1.Cl. The molecule has 0 bridgehead atoms. The molecule has 6 heteroatoms. The number of nitrogens with two attached hydrogens (primary N) is 1. The standard InChI is InChI=1S/C20H31N3O2.ClH/c1-4-8-16(22-18(24)13-15-9-6-5-7-10-15)19(25)23-12-11-17(21)20(2,3)14-23;/h5-7,9-10,16-17H,4,8,11-14,21H2,1-3H3,(H,22,24);1H. The number of nitrogens with one attached hydrogen (secondary N) is 1. The molecule has 5 nitrogen and oxygen atoms in total. The van der Waals surface area contributed by atoms with Crippen LogP contribution in [-0.2, 0) is 16.0 Å². The average molecular weight is 382 g/mol. The highest BCUT2D eigenvalue weighted by Crippen LogP contribution is 2.28. The number of benzene rings is 1. The van der Waals surface area contributed by atoms with Gasteiger partial charge in [0.25, 0.3) is 0 Å². The maximum absolute atomic E-state index is 12.9. The minimum absolute atomic E-state index is 0. The molecule has 0 radical (unpaired) electrons. The van der Waals surface area contributed by atoms with Gasteiger partial charge in [-0.1, -0.05) is 57.5 Å². The summed E-state index contributed by atoms with van der Waals surface area (Å²) in [7, 11) is 0. The number of carbonyl (C=O) groups is 2. The molecule has 2 unspecified atom stereocenters. The summed E-state index contributed by atoms with van der Waals surface area (Å²) < 4.78 is 0. The second-order valence-corrected chi connectivity index (χ2v) is 7.71. The van der Waals surface area contributed by atoms with Crippen LogP contribution in [0.4, 0.5) is 0 Å². The van der Waals surface area contributed by atoms with E-state index in [1.807, 2.05) is 42.2 Å². The highest BCUT2D eigenvalue weighted by atomic mass is 35.5. The van der Waals surface area contributed by atoms with E-state index in [4.69, 9.17) is 5.73 Å². The number of amides is 2. The molecule has 26 heavy (non-hydrogen) atoms. The summed E-state index contributed by atoms with van der Waals surface area (Å²) in [6, 6.07) is 9.25. The van der Waals surface area contributed by atoms with Gasteiger partial charge in [0.1, 0.15) is 6.04 Å². The van der Waals surface area contributed by atoms with Crippen LogP contribution in [-0.4, -0.2) is 41.9 Å². The van der Waals surface area contributed by atoms with E-state index < -0.39 is 6.04 Å². The van der Waals surface area contributed by atoms with Gasteiger partial charge in [0.15, 0.2) is 0 Å². The van der Waals surface area contributed by atoms with E-state index in [0.717, 1.165) is 18.4 Å². The molecule has 146 valence electrons. The van der Waals surface area contributed by atoms with Gasteiger partial charge in [0.2, 0.25) is 11.8 Å². The van der Waals surface area contributed by atoms with Crippen molar-refractivity contribution in [1.82, 2.24) is 10.2 Å². The summed E-state index contributed by atoms with van der Waals surface area (Å²) in [4.78, 5) is 27.2. The summed E-state index contributed by atoms with van der Waals surface area (Å²) in [6.07, 6.45) is 2.60. The molecule has 3 N–H and O–H groups in total. The van der Waals surface area contributed by atoms with Crippen LogP contribution in [0.3, 0.4) is 0 Å². The van der Waals surface area contributed by atoms with Gasteiger partial charge >= 0.3 is 0 Å². The molecule has 2 amide bonds. The minimum Gasteiger partial charge on any atom is -0.344 e. The largest absolute Gasteiger partial charge is 0.344 e. The van der Waals surface area contributed by atoms with E-state index in [2.05, 4.69) is 19.2 Å². The van der Waals surface area contributed by atoms with Crippen LogP contribution in [0.2, 0.25) is 0 Å². The van der Waals surface area contributed by atoms with E-state index in [0.29, 0.717) is 25.9 Å². The van der Waals surface area contributed by atoms with E-state index in [9.17, 15) is 9.59 Å². The Balaban J connectivity index is 0.00000338. The molecule has 1 aromatic rings. The number of rotatable bonds is 6. The zero-order chi connectivity index (χ0) is 18.4. The van der Waals surface area contributed by atoms with Crippen molar-refractivity contribution in [1.29, 1.82) is 0 Å². The van der Waals surface area contributed by atoms with Crippen molar-refractivity contribution in [3.8, 4) is 0 Å². The predicted molar refractivity (Wildman–Crippen MR) is 107 cm³/mol. The maximum Gasteiger partial charge on any atom is 0.245 e. The van der Waals surface area contributed by atoms with Gasteiger partial charge in [-0.3, -0.25) is 9.59 Å². The van der Waals surface area contributed by atoms with Gasteiger partial charge in [-0.2, -0.15) is 0 Å². The summed E-state index contributed by atoms with van der Waals surface area (Å²) in [5.74, 6) is -0.0887. The summed E-state index contributed by atoms with van der Waals surface area (Å²) >= 11 is 0. The average Bonchev–Trinajstić information content (AvgIpc) is 2.57. The third kappa shape index (κ3) is 5.99. The molecule has 2 atom stereocenters. The first-order valence-electron chi connectivity index (χ1n) is 9.21. The Bertz CT molecular complexity index is 592. The molecule has 0 aliphatic carbocycles. The molecule has 1 saturated heterocycles. The highest BCUT2D eigenvalue weighted by Gasteiger charge is 2.37. The topological polar surface area (TPSA) is 75.4 Å². The van der Waals surface area contributed by atoms with Gasteiger partial charge < -0.3 is 16.0 Å². The lowest BCUT2D eigenvalue weighted by Gasteiger charge is -2.43. The lowest BCUT2D eigenvalue weighted by molar-refractivity contribution is -0.139. The monoisotopic (exact) mass is 381 g/mol. The molecule has 1 aliphatic rings. The second-order valence-electron chi connectivity index (χ2n) is 7.71. The second kappa shape index (κ2) is 9.93.